The van der Waals surface area contributed by atoms with E-state index >= 15 is 0 Å². The van der Waals surface area contributed by atoms with Crippen LogP contribution in [-0.4, -0.2) is 30.5 Å². The smallest absolute Gasteiger partial charge is 0.238 e. The highest BCUT2D eigenvalue weighted by Crippen LogP contribution is 2.43. The lowest BCUT2D eigenvalue weighted by Gasteiger charge is -2.27. The largest absolute Gasteiger partial charge is 0.334 e. The summed E-state index contributed by atoms with van der Waals surface area (Å²) in [4.78, 5) is 22.5. The summed E-state index contributed by atoms with van der Waals surface area (Å²) in [6.45, 7) is 4.36. The van der Waals surface area contributed by atoms with Crippen LogP contribution >= 0.6 is 0 Å². The zero-order chi connectivity index (χ0) is 40.0. The van der Waals surface area contributed by atoms with Crippen molar-refractivity contribution in [1.29, 1.82) is 0 Å². The van der Waals surface area contributed by atoms with E-state index in [4.69, 9.17) is 19.9 Å². The van der Waals surface area contributed by atoms with Crippen molar-refractivity contribution in [3.8, 4) is 39.9 Å². The molecule has 0 N–H and O–H groups in total. The molecule has 0 amide bonds. The Kier molecular flexibility index (Phi) is 8.67. The molecule has 60 heavy (non-hydrogen) atoms. The summed E-state index contributed by atoms with van der Waals surface area (Å²) < 4.78 is 2.17. The van der Waals surface area contributed by atoms with Gasteiger partial charge in [-0.15, -0.1) is 0 Å². The van der Waals surface area contributed by atoms with Gasteiger partial charge in [0.1, 0.15) is 0 Å². The van der Waals surface area contributed by atoms with Gasteiger partial charge in [0.2, 0.25) is 5.95 Å². The molecule has 1 aliphatic heterocycles. The SMILES string of the molecule is C=C/C(=C\C1Cc2c(ccc3cccnc23)N1c1ccc(-c2ccccc2)cc1)c1ccc2c(c1)c1ccccc1n2-c1nc(-c2ccccc2)nc(-c2ccccc2)n1. The first-order valence-electron chi connectivity index (χ1n) is 20.3. The van der Waals surface area contributed by atoms with Crippen molar-refractivity contribution in [2.24, 2.45) is 0 Å². The average molecular weight is 771 g/mol. The second kappa shape index (κ2) is 14.8. The molecule has 0 bridgehead atoms. The zero-order valence-electron chi connectivity index (χ0n) is 32.7. The van der Waals surface area contributed by atoms with E-state index in [0.29, 0.717) is 17.6 Å². The highest BCUT2D eigenvalue weighted by atomic mass is 15.2. The number of allylic oxidation sites excluding steroid dienone is 2. The fourth-order valence-electron chi connectivity index (χ4n) is 8.76. The van der Waals surface area contributed by atoms with Crippen molar-refractivity contribution in [2.45, 2.75) is 12.5 Å². The Morgan fingerprint density at radius 2 is 1.20 bits per heavy atom. The lowest BCUT2D eigenvalue weighted by atomic mass is 9.98. The fraction of sp³-hybridized carbons (Fsp3) is 0.0370. The summed E-state index contributed by atoms with van der Waals surface area (Å²) in [6, 6.07) is 63.5. The number of aromatic nitrogens is 5. The van der Waals surface area contributed by atoms with Crippen molar-refractivity contribution >= 4 is 49.7 Å². The molecule has 0 spiro atoms. The van der Waals surface area contributed by atoms with Crippen molar-refractivity contribution in [3.63, 3.8) is 0 Å². The molecule has 0 fully saturated rings. The molecule has 0 aliphatic carbocycles. The number of rotatable bonds is 8. The minimum absolute atomic E-state index is 0.0262. The third kappa shape index (κ3) is 6.14. The van der Waals surface area contributed by atoms with Crippen molar-refractivity contribution < 1.29 is 0 Å². The number of pyridine rings is 1. The van der Waals surface area contributed by atoms with E-state index in [1.54, 1.807) is 0 Å². The number of para-hydroxylation sites is 1. The number of nitrogens with zero attached hydrogens (tertiary/aromatic N) is 6. The normalized spacial score (nSPS) is 13.9. The summed E-state index contributed by atoms with van der Waals surface area (Å²) in [5.41, 5.74) is 13.1. The number of benzene rings is 7. The molecule has 1 unspecified atom stereocenters. The Labute approximate surface area is 348 Å². The first-order valence-corrected chi connectivity index (χ1v) is 20.3. The molecule has 284 valence electrons. The summed E-state index contributed by atoms with van der Waals surface area (Å²) in [5.74, 6) is 1.82. The van der Waals surface area contributed by atoms with E-state index in [-0.39, 0.29) is 6.04 Å². The summed E-state index contributed by atoms with van der Waals surface area (Å²) in [5, 5.41) is 3.37. The highest BCUT2D eigenvalue weighted by molar-refractivity contribution is 6.10. The first kappa shape index (κ1) is 35.2. The third-order valence-electron chi connectivity index (χ3n) is 11.6. The molecule has 6 heteroatoms. The minimum Gasteiger partial charge on any atom is -0.334 e. The Balaban J connectivity index is 1.04. The molecular weight excluding hydrogens is 733 g/mol. The predicted molar refractivity (Wildman–Crippen MR) is 246 cm³/mol. The maximum atomic E-state index is 5.12. The van der Waals surface area contributed by atoms with Crippen LogP contribution in [0.1, 0.15) is 11.1 Å². The van der Waals surface area contributed by atoms with E-state index in [1.165, 1.54) is 22.4 Å². The molecule has 1 atom stereocenters. The van der Waals surface area contributed by atoms with Crippen LogP contribution in [-0.2, 0) is 6.42 Å². The summed E-state index contributed by atoms with van der Waals surface area (Å²) >= 11 is 0. The summed E-state index contributed by atoms with van der Waals surface area (Å²) in [7, 11) is 0. The standard InChI is InChI=1S/C54H38N6/c1-2-36(33-44-35-47-50(30-26-39-21-14-32-55-51(39)47)59(44)43-28-24-38(25-29-43)37-15-6-3-7-16-37)42-27-31-49-46(34-42)45-22-12-13-23-48(45)60(49)54-57-52(40-17-8-4-9-18-40)56-53(58-54)41-19-10-5-11-20-41/h2-34,44H,1,35H2/b36-33+. The van der Waals surface area contributed by atoms with Gasteiger partial charge in [-0.3, -0.25) is 9.55 Å². The Hall–Kier alpha value is -7.96. The number of hydrogen-bond donors (Lipinski definition) is 0. The molecule has 11 rings (SSSR count). The molecule has 4 heterocycles. The molecule has 0 saturated carbocycles. The van der Waals surface area contributed by atoms with Crippen LogP contribution in [0.2, 0.25) is 0 Å². The summed E-state index contributed by atoms with van der Waals surface area (Å²) in [6.07, 6.45) is 7.07. The van der Waals surface area contributed by atoms with Gasteiger partial charge in [-0.05, 0) is 64.7 Å². The van der Waals surface area contributed by atoms with Crippen LogP contribution in [0.5, 0.6) is 0 Å². The van der Waals surface area contributed by atoms with E-state index in [2.05, 4.69) is 137 Å². The Morgan fingerprint density at radius 1 is 0.567 bits per heavy atom. The maximum absolute atomic E-state index is 5.12. The quantitative estimate of drug-likeness (QED) is 0.144. The zero-order valence-corrected chi connectivity index (χ0v) is 32.7. The van der Waals surface area contributed by atoms with Crippen LogP contribution in [0, 0.1) is 0 Å². The Morgan fingerprint density at radius 3 is 1.90 bits per heavy atom. The average Bonchev–Trinajstić information content (AvgIpc) is 3.87. The molecule has 0 radical (unpaired) electrons. The van der Waals surface area contributed by atoms with Crippen LogP contribution in [0.15, 0.2) is 207 Å². The molecular formula is C54H38N6. The van der Waals surface area contributed by atoms with Crippen LogP contribution in [0.4, 0.5) is 11.4 Å². The molecule has 10 aromatic rings. The van der Waals surface area contributed by atoms with Gasteiger partial charge in [-0.2, -0.15) is 9.97 Å². The number of hydrogen-bond acceptors (Lipinski definition) is 5. The van der Waals surface area contributed by atoms with Crippen LogP contribution < -0.4 is 4.90 Å². The van der Waals surface area contributed by atoms with Gasteiger partial charge in [0.25, 0.3) is 0 Å². The van der Waals surface area contributed by atoms with Gasteiger partial charge in [-0.1, -0.05) is 158 Å². The van der Waals surface area contributed by atoms with Gasteiger partial charge in [0.15, 0.2) is 11.6 Å². The molecule has 0 saturated heterocycles. The maximum Gasteiger partial charge on any atom is 0.238 e. The van der Waals surface area contributed by atoms with E-state index in [0.717, 1.165) is 67.1 Å². The van der Waals surface area contributed by atoms with Crippen molar-refractivity contribution in [1.82, 2.24) is 24.5 Å². The lowest BCUT2D eigenvalue weighted by Crippen LogP contribution is -2.25. The van der Waals surface area contributed by atoms with E-state index in [9.17, 15) is 0 Å². The Bertz CT molecular complexity index is 3190. The third-order valence-corrected chi connectivity index (χ3v) is 11.6. The number of fused-ring (bicyclic) bond motifs is 6. The van der Waals surface area contributed by atoms with Crippen molar-refractivity contribution in [3.05, 3.63) is 218 Å². The van der Waals surface area contributed by atoms with Crippen LogP contribution in [0.3, 0.4) is 0 Å². The fourth-order valence-corrected chi connectivity index (χ4v) is 8.76. The molecule has 7 aromatic carbocycles. The lowest BCUT2D eigenvalue weighted by molar-refractivity contribution is 0.836. The second-order valence-corrected chi connectivity index (χ2v) is 15.1. The van der Waals surface area contributed by atoms with E-state index < -0.39 is 0 Å². The van der Waals surface area contributed by atoms with Gasteiger partial charge >= 0.3 is 0 Å². The van der Waals surface area contributed by atoms with E-state index in [1.807, 2.05) is 79.0 Å². The predicted octanol–water partition coefficient (Wildman–Crippen LogP) is 12.9. The van der Waals surface area contributed by atoms with Gasteiger partial charge in [0, 0.05) is 56.8 Å². The first-order chi connectivity index (χ1) is 29.7. The van der Waals surface area contributed by atoms with Crippen molar-refractivity contribution in [2.75, 3.05) is 4.90 Å². The molecule has 3 aromatic heterocycles. The molecule has 6 nitrogen and oxygen atoms in total. The van der Waals surface area contributed by atoms with Gasteiger partial charge in [0.05, 0.1) is 22.6 Å². The van der Waals surface area contributed by atoms with Crippen LogP contribution in [0.25, 0.3) is 78.1 Å². The highest BCUT2D eigenvalue weighted by Gasteiger charge is 2.31. The second-order valence-electron chi connectivity index (χ2n) is 15.1. The van der Waals surface area contributed by atoms with Gasteiger partial charge < -0.3 is 4.90 Å². The minimum atomic E-state index is 0.0262. The van der Waals surface area contributed by atoms with Gasteiger partial charge in [-0.25, -0.2) is 4.98 Å². The monoisotopic (exact) mass is 770 g/mol. The topological polar surface area (TPSA) is 59.7 Å². The number of anilines is 2. The molecule has 1 aliphatic rings.